The fourth-order valence-corrected chi connectivity index (χ4v) is 3.47. The lowest BCUT2D eigenvalue weighted by atomic mass is 10.1. The van der Waals surface area contributed by atoms with Crippen molar-refractivity contribution in [3.63, 3.8) is 0 Å². The lowest BCUT2D eigenvalue weighted by molar-refractivity contribution is -0.139. The summed E-state index contributed by atoms with van der Waals surface area (Å²) in [6, 6.07) is 24.3. The molecule has 1 heterocycles. The first kappa shape index (κ1) is 22.5. The van der Waals surface area contributed by atoms with Crippen LogP contribution in [0.3, 0.4) is 0 Å². The monoisotopic (exact) mass is 445 g/mol. The molecule has 0 bridgehead atoms. The summed E-state index contributed by atoms with van der Waals surface area (Å²) >= 11 is 0. The van der Waals surface area contributed by atoms with Crippen molar-refractivity contribution in [2.75, 3.05) is 13.2 Å². The number of nitrogens with one attached hydrogen (secondary N) is 2. The zero-order valence-electron chi connectivity index (χ0n) is 18.2. The minimum absolute atomic E-state index is 0.397. The number of aromatic nitrogens is 1. The van der Waals surface area contributed by atoms with Gasteiger partial charge in [-0.15, -0.1) is 0 Å². The highest BCUT2D eigenvalue weighted by atomic mass is 16.5. The molecule has 0 saturated heterocycles. The molecule has 0 radical (unpaired) electrons. The number of rotatable bonds is 12. The van der Waals surface area contributed by atoms with E-state index in [1.807, 2.05) is 78.9 Å². The molecule has 170 valence electrons. The van der Waals surface area contributed by atoms with Crippen LogP contribution < -0.4 is 15.4 Å². The highest BCUT2D eigenvalue weighted by Crippen LogP contribution is 2.15. The topological polar surface area (TPSA) is 96.6 Å². The van der Waals surface area contributed by atoms with Crippen molar-refractivity contribution in [2.24, 2.45) is 0 Å². The molecule has 0 aliphatic heterocycles. The molecule has 7 nitrogen and oxygen atoms in total. The zero-order chi connectivity index (χ0) is 22.9. The second kappa shape index (κ2) is 11.3. The number of carboxylic acid groups (broad SMARTS) is 1. The molecule has 7 heteroatoms. The van der Waals surface area contributed by atoms with Gasteiger partial charge in [-0.1, -0.05) is 54.6 Å². The van der Waals surface area contributed by atoms with Gasteiger partial charge in [-0.05, 0) is 41.8 Å². The Labute approximate surface area is 192 Å². The number of oxazole rings is 1. The van der Waals surface area contributed by atoms with Crippen LogP contribution in [0.5, 0.6) is 5.75 Å². The Morgan fingerprint density at radius 1 is 0.939 bits per heavy atom. The van der Waals surface area contributed by atoms with Gasteiger partial charge in [0.2, 0.25) is 5.89 Å². The molecule has 1 atom stereocenters. The summed E-state index contributed by atoms with van der Waals surface area (Å²) in [5, 5.41) is 15.9. The number of fused-ring (bicyclic) bond motifs is 1. The minimum atomic E-state index is -0.865. The van der Waals surface area contributed by atoms with Gasteiger partial charge in [-0.2, -0.15) is 0 Å². The lowest BCUT2D eigenvalue weighted by Crippen LogP contribution is -2.38. The summed E-state index contributed by atoms with van der Waals surface area (Å²) < 4.78 is 11.4. The lowest BCUT2D eigenvalue weighted by Gasteiger charge is -2.15. The van der Waals surface area contributed by atoms with Crippen LogP contribution in [0.25, 0.3) is 11.1 Å². The highest BCUT2D eigenvalue weighted by molar-refractivity contribution is 5.74. The maximum absolute atomic E-state index is 11.6. The van der Waals surface area contributed by atoms with Gasteiger partial charge in [0.15, 0.2) is 5.58 Å². The Balaban J connectivity index is 1.19. The number of aliphatic carboxylic acids is 1. The van der Waals surface area contributed by atoms with Crippen molar-refractivity contribution < 1.29 is 19.1 Å². The predicted octanol–water partition coefficient (Wildman–Crippen LogP) is 3.78. The van der Waals surface area contributed by atoms with Gasteiger partial charge in [0.05, 0.1) is 6.54 Å². The predicted molar refractivity (Wildman–Crippen MR) is 126 cm³/mol. The number of benzene rings is 3. The van der Waals surface area contributed by atoms with Crippen molar-refractivity contribution in [3.8, 4) is 5.75 Å². The van der Waals surface area contributed by atoms with E-state index in [-0.39, 0.29) is 0 Å². The number of nitrogens with zero attached hydrogens (tertiary/aromatic N) is 1. The van der Waals surface area contributed by atoms with Crippen LogP contribution in [0.2, 0.25) is 0 Å². The summed E-state index contributed by atoms with van der Waals surface area (Å²) in [5.74, 6) is 0.525. The smallest absolute Gasteiger partial charge is 0.321 e. The molecule has 0 amide bonds. The van der Waals surface area contributed by atoms with E-state index in [1.165, 1.54) is 0 Å². The summed E-state index contributed by atoms with van der Waals surface area (Å²) in [5.41, 5.74) is 3.62. The first-order valence-corrected chi connectivity index (χ1v) is 10.9. The standard InChI is InChI=1S/C26H27N3O4/c30-26(31)23(28-17-20-6-2-1-3-7-20)16-19-10-12-21(13-11-19)32-15-14-27-18-25-29-22-8-4-5-9-24(22)33-25/h1-13,23,27-28H,14-18H2,(H,30,31). The SMILES string of the molecule is O=C(O)C(Cc1ccc(OCCNCc2nc3ccccc3o2)cc1)NCc1ccccc1. The Bertz CT molecular complexity index is 1130. The van der Waals surface area contributed by atoms with Crippen LogP contribution in [0.4, 0.5) is 0 Å². The molecule has 3 aromatic carbocycles. The van der Waals surface area contributed by atoms with E-state index in [2.05, 4.69) is 15.6 Å². The summed E-state index contributed by atoms with van der Waals surface area (Å²) in [4.78, 5) is 16.1. The Morgan fingerprint density at radius 2 is 1.70 bits per heavy atom. The van der Waals surface area contributed by atoms with Crippen molar-refractivity contribution >= 4 is 17.1 Å². The molecule has 0 spiro atoms. The Kier molecular flexibility index (Phi) is 7.68. The van der Waals surface area contributed by atoms with Crippen LogP contribution in [0.1, 0.15) is 17.0 Å². The van der Waals surface area contributed by atoms with E-state index >= 15 is 0 Å². The third kappa shape index (κ3) is 6.65. The van der Waals surface area contributed by atoms with Gasteiger partial charge in [0, 0.05) is 13.1 Å². The summed E-state index contributed by atoms with van der Waals surface area (Å²) in [6.07, 6.45) is 0.397. The molecule has 4 rings (SSSR count). The van der Waals surface area contributed by atoms with Gasteiger partial charge >= 0.3 is 5.97 Å². The van der Waals surface area contributed by atoms with E-state index in [1.54, 1.807) is 0 Å². The van der Waals surface area contributed by atoms with Crippen molar-refractivity contribution in [1.29, 1.82) is 0 Å². The molecule has 0 fully saturated rings. The van der Waals surface area contributed by atoms with Gasteiger partial charge in [-0.25, -0.2) is 4.98 Å². The van der Waals surface area contributed by atoms with Crippen LogP contribution in [0.15, 0.2) is 83.3 Å². The zero-order valence-corrected chi connectivity index (χ0v) is 18.2. The van der Waals surface area contributed by atoms with Gasteiger partial charge in [0.25, 0.3) is 0 Å². The fraction of sp³-hybridized carbons (Fsp3) is 0.231. The number of ether oxygens (including phenoxy) is 1. The first-order valence-electron chi connectivity index (χ1n) is 10.9. The molecule has 33 heavy (non-hydrogen) atoms. The normalized spacial score (nSPS) is 12.0. The van der Waals surface area contributed by atoms with Crippen LogP contribution >= 0.6 is 0 Å². The van der Waals surface area contributed by atoms with Gasteiger partial charge in [0.1, 0.15) is 23.9 Å². The van der Waals surface area contributed by atoms with Crippen molar-refractivity contribution in [1.82, 2.24) is 15.6 Å². The quantitative estimate of drug-likeness (QED) is 0.286. The van der Waals surface area contributed by atoms with Crippen molar-refractivity contribution in [2.45, 2.75) is 25.6 Å². The maximum Gasteiger partial charge on any atom is 0.321 e. The molecular weight excluding hydrogens is 418 g/mol. The molecule has 1 unspecified atom stereocenters. The third-order valence-corrected chi connectivity index (χ3v) is 5.22. The maximum atomic E-state index is 11.6. The second-order valence-corrected chi connectivity index (χ2v) is 7.71. The number of hydrogen-bond donors (Lipinski definition) is 3. The Hall–Kier alpha value is -3.68. The van der Waals surface area contributed by atoms with E-state index < -0.39 is 12.0 Å². The van der Waals surface area contributed by atoms with E-state index in [4.69, 9.17) is 9.15 Å². The highest BCUT2D eigenvalue weighted by Gasteiger charge is 2.17. The molecule has 0 saturated carbocycles. The number of para-hydroxylation sites is 2. The summed E-state index contributed by atoms with van der Waals surface area (Å²) in [6.45, 7) is 2.18. The number of hydrogen-bond acceptors (Lipinski definition) is 6. The first-order chi connectivity index (χ1) is 16.2. The van der Waals surface area contributed by atoms with E-state index in [0.29, 0.717) is 38.6 Å². The van der Waals surface area contributed by atoms with E-state index in [0.717, 1.165) is 28.0 Å². The molecular formula is C26H27N3O4. The molecule has 0 aliphatic carbocycles. The number of carbonyl (C=O) groups is 1. The third-order valence-electron chi connectivity index (χ3n) is 5.22. The number of carboxylic acids is 1. The van der Waals surface area contributed by atoms with Crippen LogP contribution in [0, 0.1) is 0 Å². The fourth-order valence-electron chi connectivity index (χ4n) is 3.47. The molecule has 3 N–H and O–H groups in total. The summed E-state index contributed by atoms with van der Waals surface area (Å²) in [7, 11) is 0. The molecule has 4 aromatic rings. The Morgan fingerprint density at radius 3 is 2.45 bits per heavy atom. The van der Waals surface area contributed by atoms with Crippen molar-refractivity contribution in [3.05, 3.63) is 95.9 Å². The molecule has 0 aliphatic rings. The average molecular weight is 446 g/mol. The second-order valence-electron chi connectivity index (χ2n) is 7.71. The van der Waals surface area contributed by atoms with Crippen LogP contribution in [-0.4, -0.2) is 35.3 Å². The minimum Gasteiger partial charge on any atom is -0.492 e. The largest absolute Gasteiger partial charge is 0.492 e. The van der Waals surface area contributed by atoms with Gasteiger partial charge < -0.3 is 24.9 Å². The van der Waals surface area contributed by atoms with Crippen LogP contribution in [-0.2, 0) is 24.3 Å². The van der Waals surface area contributed by atoms with Gasteiger partial charge in [-0.3, -0.25) is 4.79 Å². The van der Waals surface area contributed by atoms with E-state index in [9.17, 15) is 9.90 Å². The molecule has 1 aromatic heterocycles. The average Bonchev–Trinajstić information content (AvgIpc) is 3.26.